The lowest BCUT2D eigenvalue weighted by molar-refractivity contribution is -0.137. The topological polar surface area (TPSA) is 20.2 Å². The molecule has 0 aliphatic rings. The highest BCUT2D eigenvalue weighted by Gasteiger charge is 2.30. The molecule has 1 atom stereocenters. The van der Waals surface area contributed by atoms with E-state index < -0.39 is 11.7 Å². The van der Waals surface area contributed by atoms with E-state index in [1.807, 2.05) is 9.24 Å². The highest BCUT2D eigenvalue weighted by Crippen LogP contribution is 2.29. The average Bonchev–Trinajstić information content (AvgIpc) is 1.92. The summed E-state index contributed by atoms with van der Waals surface area (Å²) in [7, 11) is 2.03. The summed E-state index contributed by atoms with van der Waals surface area (Å²) in [6.07, 6.45) is -4.35. The third-order valence-corrected chi connectivity index (χ3v) is 1.82. The van der Waals surface area contributed by atoms with E-state index in [1.165, 1.54) is 0 Å². The molecule has 0 bridgehead atoms. The van der Waals surface area contributed by atoms with Gasteiger partial charge in [0, 0.05) is 5.30 Å². The van der Waals surface area contributed by atoms with Gasteiger partial charge < -0.3 is 5.11 Å². The zero-order valence-electron chi connectivity index (χ0n) is 5.89. The molecule has 12 heavy (non-hydrogen) atoms. The highest BCUT2D eigenvalue weighted by molar-refractivity contribution is 7.27. The van der Waals surface area contributed by atoms with Crippen LogP contribution in [-0.2, 0) is 6.18 Å². The third-order valence-electron chi connectivity index (χ3n) is 1.35. The van der Waals surface area contributed by atoms with Crippen LogP contribution in [0.3, 0.4) is 0 Å². The first kappa shape index (κ1) is 9.33. The van der Waals surface area contributed by atoms with Gasteiger partial charge in [0.15, 0.2) is 0 Å². The molecule has 0 aliphatic carbocycles. The van der Waals surface area contributed by atoms with Crippen molar-refractivity contribution in [1.29, 1.82) is 0 Å². The van der Waals surface area contributed by atoms with Crippen molar-refractivity contribution in [1.82, 2.24) is 0 Å². The second kappa shape index (κ2) is 2.94. The van der Waals surface area contributed by atoms with Crippen LogP contribution in [0.4, 0.5) is 13.2 Å². The van der Waals surface area contributed by atoms with Crippen molar-refractivity contribution >= 4 is 14.5 Å². The molecule has 1 rings (SSSR count). The van der Waals surface area contributed by atoms with Gasteiger partial charge in [-0.1, -0.05) is 0 Å². The molecule has 1 N–H and O–H groups in total. The molecule has 5 heteroatoms. The van der Waals surface area contributed by atoms with Crippen molar-refractivity contribution in [3.05, 3.63) is 23.8 Å². The Kier molecular flexibility index (Phi) is 2.29. The summed E-state index contributed by atoms with van der Waals surface area (Å²) >= 11 is 0. The van der Waals surface area contributed by atoms with Gasteiger partial charge in [-0.25, -0.2) is 0 Å². The summed E-state index contributed by atoms with van der Waals surface area (Å²) < 4.78 is 36.0. The van der Waals surface area contributed by atoms with E-state index in [0.717, 1.165) is 18.2 Å². The fraction of sp³-hybridized carbons (Fsp3) is 0.143. The quantitative estimate of drug-likeness (QED) is 0.625. The van der Waals surface area contributed by atoms with Crippen molar-refractivity contribution < 1.29 is 18.3 Å². The Bertz CT molecular complexity index is 295. The second-order valence-electron chi connectivity index (χ2n) is 2.27. The van der Waals surface area contributed by atoms with Gasteiger partial charge in [0.1, 0.15) is 5.75 Å². The zero-order valence-corrected chi connectivity index (χ0v) is 7.05. The number of phenolic OH excluding ortho intramolecular Hbond substituents is 1. The van der Waals surface area contributed by atoms with E-state index in [2.05, 4.69) is 0 Å². The largest absolute Gasteiger partial charge is 0.507 e. The van der Waals surface area contributed by atoms with Crippen LogP contribution in [0.25, 0.3) is 0 Å². The Labute approximate surface area is 69.4 Å². The number of rotatable bonds is 0. The predicted octanol–water partition coefficient (Wildman–Crippen LogP) is 1.91. The Morgan fingerprint density at radius 3 is 2.25 bits per heavy atom. The van der Waals surface area contributed by atoms with Gasteiger partial charge in [0.05, 0.1) is 5.56 Å². The number of alkyl halides is 3. The lowest BCUT2D eigenvalue weighted by atomic mass is 10.2. The van der Waals surface area contributed by atoms with E-state index in [4.69, 9.17) is 5.11 Å². The number of halogens is 3. The van der Waals surface area contributed by atoms with E-state index in [9.17, 15) is 13.2 Å². The second-order valence-corrected chi connectivity index (χ2v) is 2.89. The average molecular weight is 194 g/mol. The van der Waals surface area contributed by atoms with Crippen molar-refractivity contribution in [2.75, 3.05) is 0 Å². The smallest absolute Gasteiger partial charge is 0.416 e. The first-order chi connectivity index (χ1) is 5.41. The van der Waals surface area contributed by atoms with Gasteiger partial charge in [-0.05, 0) is 18.2 Å². The molecule has 66 valence electrons. The number of benzene rings is 1. The van der Waals surface area contributed by atoms with Gasteiger partial charge in [-0.3, -0.25) is 0 Å². The van der Waals surface area contributed by atoms with Crippen LogP contribution < -0.4 is 5.30 Å². The van der Waals surface area contributed by atoms with Gasteiger partial charge in [-0.15, -0.1) is 9.24 Å². The first-order valence-electron chi connectivity index (χ1n) is 3.07. The van der Waals surface area contributed by atoms with Crippen LogP contribution in [0.5, 0.6) is 5.75 Å². The predicted molar refractivity (Wildman–Crippen MR) is 42.5 cm³/mol. The molecule has 0 spiro atoms. The minimum atomic E-state index is -4.35. The Balaban J connectivity index is 3.14. The Morgan fingerprint density at radius 2 is 1.83 bits per heavy atom. The normalized spacial score (nSPS) is 11.7. The van der Waals surface area contributed by atoms with E-state index in [1.54, 1.807) is 0 Å². The van der Waals surface area contributed by atoms with Crippen LogP contribution in [0.15, 0.2) is 18.2 Å². The molecule has 1 aromatic carbocycles. The zero-order chi connectivity index (χ0) is 9.35. The van der Waals surface area contributed by atoms with Crippen LogP contribution in [0, 0.1) is 0 Å². The fourth-order valence-corrected chi connectivity index (χ4v) is 1.01. The van der Waals surface area contributed by atoms with Crippen molar-refractivity contribution in [3.63, 3.8) is 0 Å². The van der Waals surface area contributed by atoms with Crippen LogP contribution in [-0.4, -0.2) is 5.11 Å². The molecular weight excluding hydrogens is 188 g/mol. The van der Waals surface area contributed by atoms with Gasteiger partial charge >= 0.3 is 6.18 Å². The minimum absolute atomic E-state index is 0.143. The van der Waals surface area contributed by atoms with Crippen LogP contribution >= 0.6 is 9.24 Å². The number of aromatic hydroxyl groups is 1. The summed E-state index contributed by atoms with van der Waals surface area (Å²) in [6, 6.07) is 2.73. The van der Waals surface area contributed by atoms with E-state index >= 15 is 0 Å². The van der Waals surface area contributed by atoms with Crippen molar-refractivity contribution in [2.24, 2.45) is 0 Å². The maximum absolute atomic E-state index is 12.0. The molecule has 0 aliphatic heterocycles. The molecule has 1 aromatic rings. The molecule has 0 fully saturated rings. The summed E-state index contributed by atoms with van der Waals surface area (Å²) in [4.78, 5) is 0. The fourth-order valence-electron chi connectivity index (χ4n) is 0.731. The standard InChI is InChI=1S/C7H6F3OP/c8-7(9,10)4-1-2-5(11)6(12)3-4/h1-3,11H,12H2. The van der Waals surface area contributed by atoms with Gasteiger partial charge in [-0.2, -0.15) is 13.2 Å². The van der Waals surface area contributed by atoms with Crippen LogP contribution in [0.2, 0.25) is 0 Å². The molecule has 1 nitrogen and oxygen atoms in total. The molecule has 0 saturated heterocycles. The maximum Gasteiger partial charge on any atom is 0.416 e. The Morgan fingerprint density at radius 1 is 1.25 bits per heavy atom. The summed E-state index contributed by atoms with van der Waals surface area (Å²) in [5, 5.41) is 9.06. The Hall–Kier alpha value is -0.760. The SMILES string of the molecule is Oc1ccc(C(F)(F)F)cc1P. The highest BCUT2D eigenvalue weighted by atomic mass is 31.0. The van der Waals surface area contributed by atoms with Crippen molar-refractivity contribution in [2.45, 2.75) is 6.18 Å². The number of phenols is 1. The molecule has 0 aromatic heterocycles. The lowest BCUT2D eigenvalue weighted by Gasteiger charge is -2.07. The summed E-state index contributed by atoms with van der Waals surface area (Å²) in [5.41, 5.74) is -0.759. The van der Waals surface area contributed by atoms with Gasteiger partial charge in [0.25, 0.3) is 0 Å². The first-order valence-corrected chi connectivity index (χ1v) is 3.64. The van der Waals surface area contributed by atoms with Crippen molar-refractivity contribution in [3.8, 4) is 5.75 Å². The molecule has 0 heterocycles. The lowest BCUT2D eigenvalue weighted by Crippen LogP contribution is -2.07. The minimum Gasteiger partial charge on any atom is -0.507 e. The molecule has 1 unspecified atom stereocenters. The molecule has 0 radical (unpaired) electrons. The number of hydrogen-bond acceptors (Lipinski definition) is 1. The maximum atomic E-state index is 12.0. The summed E-state index contributed by atoms with van der Waals surface area (Å²) in [5.74, 6) is -0.159. The number of hydrogen-bond donors (Lipinski definition) is 1. The van der Waals surface area contributed by atoms with E-state index in [0.29, 0.717) is 0 Å². The molecular formula is C7H6F3OP. The van der Waals surface area contributed by atoms with E-state index in [-0.39, 0.29) is 11.1 Å². The third kappa shape index (κ3) is 1.89. The van der Waals surface area contributed by atoms with Crippen LogP contribution in [0.1, 0.15) is 5.56 Å². The monoisotopic (exact) mass is 194 g/mol. The summed E-state index contributed by atoms with van der Waals surface area (Å²) in [6.45, 7) is 0. The molecule has 0 saturated carbocycles. The van der Waals surface area contributed by atoms with Gasteiger partial charge in [0.2, 0.25) is 0 Å². The molecule has 0 amide bonds.